The van der Waals surface area contributed by atoms with Gasteiger partial charge in [0.05, 0.1) is 0 Å². The molecule has 4 heteroatoms. The summed E-state index contributed by atoms with van der Waals surface area (Å²) in [6.45, 7) is 11.6. The smallest absolute Gasteiger partial charge is 0.224 e. The molecule has 0 spiro atoms. The Balaban J connectivity index is 0.00000171. The molecule has 2 aromatic rings. The van der Waals surface area contributed by atoms with Gasteiger partial charge in [-0.05, 0) is 35.4 Å². The van der Waals surface area contributed by atoms with Crippen molar-refractivity contribution in [2.75, 3.05) is 10.6 Å². The summed E-state index contributed by atoms with van der Waals surface area (Å²) in [5.41, 5.74) is 3.70. The van der Waals surface area contributed by atoms with Gasteiger partial charge in [0.2, 0.25) is 11.8 Å². The molecule has 0 atom stereocenters. The van der Waals surface area contributed by atoms with Crippen molar-refractivity contribution < 1.29 is 9.59 Å². The molecule has 2 N–H and O–H groups in total. The Morgan fingerprint density at radius 1 is 0.643 bits per heavy atom. The van der Waals surface area contributed by atoms with Gasteiger partial charge in [-0.1, -0.05) is 78.0 Å². The van der Waals surface area contributed by atoms with Crippen LogP contribution in [0.3, 0.4) is 0 Å². The van der Waals surface area contributed by atoms with Gasteiger partial charge in [-0.3, -0.25) is 9.59 Å². The molecule has 4 nitrogen and oxygen atoms in total. The van der Waals surface area contributed by atoms with Crippen molar-refractivity contribution in [3.05, 3.63) is 59.7 Å². The second-order valence-electron chi connectivity index (χ2n) is 5.38. The van der Waals surface area contributed by atoms with Crippen LogP contribution >= 0.6 is 0 Å². The van der Waals surface area contributed by atoms with Crippen molar-refractivity contribution >= 4 is 35.3 Å². The van der Waals surface area contributed by atoms with Crippen molar-refractivity contribution in [1.82, 2.24) is 0 Å². The van der Waals surface area contributed by atoms with Crippen LogP contribution in [0.1, 0.15) is 65.5 Å². The summed E-state index contributed by atoms with van der Waals surface area (Å²) in [5, 5.41) is 5.64. The van der Waals surface area contributed by atoms with Gasteiger partial charge in [0, 0.05) is 24.2 Å². The van der Waals surface area contributed by atoms with E-state index in [1.165, 1.54) is 0 Å². The maximum atomic E-state index is 11.3. The monoisotopic (exact) mass is 382 g/mol. The molecule has 0 bridgehead atoms. The highest BCUT2D eigenvalue weighted by Crippen LogP contribution is 2.15. The molecular formula is C24H34N2O2. The first-order chi connectivity index (χ1) is 13.6. The number of hydrogen-bond acceptors (Lipinski definition) is 2. The number of anilines is 2. The van der Waals surface area contributed by atoms with Gasteiger partial charge in [-0.2, -0.15) is 0 Å². The molecular weight excluding hydrogens is 348 g/mol. The number of rotatable bonds is 6. The average Bonchev–Trinajstić information content (AvgIpc) is 2.77. The summed E-state index contributed by atoms with van der Waals surface area (Å²) < 4.78 is 0. The van der Waals surface area contributed by atoms with Crippen LogP contribution in [0.4, 0.5) is 11.4 Å². The zero-order valence-corrected chi connectivity index (χ0v) is 18.0. The Bertz CT molecular complexity index is 654. The second kappa shape index (κ2) is 15.2. The number of nitrogens with one attached hydrogen (secondary N) is 2. The number of hydrogen-bond donors (Lipinski definition) is 2. The van der Waals surface area contributed by atoms with Gasteiger partial charge < -0.3 is 10.6 Å². The molecule has 0 aromatic heterocycles. The van der Waals surface area contributed by atoms with E-state index in [0.717, 1.165) is 22.5 Å². The lowest BCUT2D eigenvalue weighted by atomic mass is 10.1. The van der Waals surface area contributed by atoms with E-state index in [1.54, 1.807) is 0 Å². The Morgan fingerprint density at radius 2 is 0.929 bits per heavy atom. The van der Waals surface area contributed by atoms with Gasteiger partial charge in [0.15, 0.2) is 0 Å². The van der Waals surface area contributed by atoms with Gasteiger partial charge in [0.25, 0.3) is 0 Å². The Kier molecular flexibility index (Phi) is 13.6. The minimum atomic E-state index is 0.00791. The number of carbonyl (C=O) groups is 2. The van der Waals surface area contributed by atoms with Crippen LogP contribution in [0.2, 0.25) is 0 Å². The van der Waals surface area contributed by atoms with Crippen molar-refractivity contribution in [2.24, 2.45) is 0 Å². The van der Waals surface area contributed by atoms with E-state index >= 15 is 0 Å². The van der Waals surface area contributed by atoms with Crippen molar-refractivity contribution in [1.29, 1.82) is 0 Å². The molecule has 0 saturated heterocycles. The molecule has 0 saturated carbocycles. The Hall–Kier alpha value is -2.88. The van der Waals surface area contributed by atoms with Crippen molar-refractivity contribution in [3.8, 4) is 0 Å². The first-order valence-electron chi connectivity index (χ1n) is 10.1. The third kappa shape index (κ3) is 9.72. The van der Waals surface area contributed by atoms with Crippen LogP contribution in [0.25, 0.3) is 12.2 Å². The minimum absolute atomic E-state index is 0.00791. The molecule has 0 aliphatic carbocycles. The maximum Gasteiger partial charge on any atom is 0.224 e. The van der Waals surface area contributed by atoms with E-state index in [1.807, 2.05) is 102 Å². The summed E-state index contributed by atoms with van der Waals surface area (Å²) in [5.74, 6) is 0.0158. The van der Waals surface area contributed by atoms with Crippen LogP contribution in [0.5, 0.6) is 0 Å². The molecule has 0 heterocycles. The summed E-state index contributed by atoms with van der Waals surface area (Å²) in [6.07, 6.45) is 4.95. The van der Waals surface area contributed by atoms with E-state index in [4.69, 9.17) is 0 Å². The molecule has 152 valence electrons. The van der Waals surface area contributed by atoms with E-state index in [2.05, 4.69) is 10.6 Å². The van der Waals surface area contributed by atoms with Gasteiger partial charge >= 0.3 is 0 Å². The normalized spacial score (nSPS) is 9.50. The quantitative estimate of drug-likeness (QED) is 0.552. The second-order valence-corrected chi connectivity index (χ2v) is 5.38. The Morgan fingerprint density at radius 3 is 1.18 bits per heavy atom. The highest BCUT2D eigenvalue weighted by molar-refractivity contribution is 5.91. The fourth-order valence-corrected chi connectivity index (χ4v) is 2.05. The first kappa shape index (κ1) is 25.1. The predicted molar refractivity (Wildman–Crippen MR) is 122 cm³/mol. The molecule has 0 unspecified atom stereocenters. The van der Waals surface area contributed by atoms with Crippen LogP contribution in [0.15, 0.2) is 48.5 Å². The number of benzene rings is 2. The van der Waals surface area contributed by atoms with Crippen molar-refractivity contribution in [2.45, 2.75) is 54.4 Å². The lowest BCUT2D eigenvalue weighted by Crippen LogP contribution is -2.09. The largest absolute Gasteiger partial charge is 0.326 e. The predicted octanol–water partition coefficient (Wildman–Crippen LogP) is 6.61. The Labute approximate surface area is 170 Å². The molecule has 0 fully saturated rings. The summed E-state index contributed by atoms with van der Waals surface area (Å²) in [6, 6.07) is 15.4. The lowest BCUT2D eigenvalue weighted by molar-refractivity contribution is -0.116. The van der Waals surface area contributed by atoms with Crippen LogP contribution in [-0.2, 0) is 9.59 Å². The first-order valence-corrected chi connectivity index (χ1v) is 10.1. The minimum Gasteiger partial charge on any atom is -0.326 e. The SMILES string of the molecule is CC.CC.CCC(=O)Nc1ccc(/C=C/c2ccc(NC(=O)CC)cc2)cc1. The summed E-state index contributed by atoms with van der Waals surface area (Å²) in [4.78, 5) is 22.7. The van der Waals surface area contributed by atoms with Gasteiger partial charge in [-0.15, -0.1) is 0 Å². The zero-order valence-electron chi connectivity index (χ0n) is 18.0. The molecule has 2 amide bonds. The van der Waals surface area contributed by atoms with Crippen LogP contribution in [0, 0.1) is 0 Å². The number of carbonyl (C=O) groups excluding carboxylic acids is 2. The molecule has 2 aromatic carbocycles. The van der Waals surface area contributed by atoms with E-state index in [-0.39, 0.29) is 11.8 Å². The highest BCUT2D eigenvalue weighted by atomic mass is 16.2. The van der Waals surface area contributed by atoms with Crippen molar-refractivity contribution in [3.63, 3.8) is 0 Å². The molecule has 0 aliphatic rings. The van der Waals surface area contributed by atoms with E-state index in [0.29, 0.717) is 12.8 Å². The molecule has 2 rings (SSSR count). The maximum absolute atomic E-state index is 11.3. The zero-order chi connectivity index (χ0) is 21.4. The summed E-state index contributed by atoms with van der Waals surface area (Å²) >= 11 is 0. The topological polar surface area (TPSA) is 58.2 Å². The lowest BCUT2D eigenvalue weighted by Gasteiger charge is -2.04. The average molecular weight is 383 g/mol. The third-order valence-corrected chi connectivity index (χ3v) is 3.50. The van der Waals surface area contributed by atoms with Crippen LogP contribution < -0.4 is 10.6 Å². The highest BCUT2D eigenvalue weighted by Gasteiger charge is 1.99. The molecule has 0 aliphatic heterocycles. The van der Waals surface area contributed by atoms with E-state index < -0.39 is 0 Å². The van der Waals surface area contributed by atoms with E-state index in [9.17, 15) is 9.59 Å². The fourth-order valence-electron chi connectivity index (χ4n) is 2.05. The fraction of sp³-hybridized carbons (Fsp3) is 0.333. The number of amides is 2. The third-order valence-electron chi connectivity index (χ3n) is 3.50. The molecule has 28 heavy (non-hydrogen) atoms. The molecule has 0 radical (unpaired) electrons. The van der Waals surface area contributed by atoms with Gasteiger partial charge in [-0.25, -0.2) is 0 Å². The summed E-state index contributed by atoms with van der Waals surface area (Å²) in [7, 11) is 0. The van der Waals surface area contributed by atoms with Crippen LogP contribution in [-0.4, -0.2) is 11.8 Å². The van der Waals surface area contributed by atoms with Gasteiger partial charge in [0.1, 0.15) is 0 Å². The standard InChI is InChI=1S/C20H22N2O2.2C2H6/c1-3-19(23)21-17-11-7-15(8-12-17)5-6-16-9-13-18(14-10-16)22-20(24)4-2;2*1-2/h5-14H,3-4H2,1-2H3,(H,21,23)(H,22,24);2*1-2H3/b6-5+;;.